The highest BCUT2D eigenvalue weighted by Crippen LogP contribution is 2.13. The van der Waals surface area contributed by atoms with Crippen LogP contribution in [0.2, 0.25) is 0 Å². The number of carbonyl (C=O) groups is 1. The lowest BCUT2D eigenvalue weighted by atomic mass is 10.0. The summed E-state index contributed by atoms with van der Waals surface area (Å²) in [5, 5.41) is 12.0. The SMILES string of the molecule is Cc1ccc(CC(=O)NC(C#N)c2ccccc2)cc1C. The topological polar surface area (TPSA) is 52.9 Å². The highest BCUT2D eigenvalue weighted by molar-refractivity contribution is 5.79. The molecule has 0 heterocycles. The van der Waals surface area contributed by atoms with Gasteiger partial charge in [-0.15, -0.1) is 0 Å². The van der Waals surface area contributed by atoms with Gasteiger partial charge in [-0.25, -0.2) is 0 Å². The van der Waals surface area contributed by atoms with E-state index in [9.17, 15) is 10.1 Å². The van der Waals surface area contributed by atoms with Crippen LogP contribution in [0.3, 0.4) is 0 Å². The van der Waals surface area contributed by atoms with E-state index in [-0.39, 0.29) is 12.3 Å². The summed E-state index contributed by atoms with van der Waals surface area (Å²) in [6, 6.07) is 16.8. The number of carbonyl (C=O) groups excluding carboxylic acids is 1. The van der Waals surface area contributed by atoms with Crippen LogP contribution in [-0.4, -0.2) is 5.91 Å². The minimum Gasteiger partial charge on any atom is -0.336 e. The van der Waals surface area contributed by atoms with E-state index in [0.29, 0.717) is 0 Å². The molecule has 2 aromatic rings. The second-order valence-corrected chi connectivity index (χ2v) is 5.14. The first-order valence-corrected chi connectivity index (χ1v) is 6.90. The number of rotatable bonds is 4. The van der Waals surface area contributed by atoms with Crippen LogP contribution in [0.15, 0.2) is 48.5 Å². The Hall–Kier alpha value is -2.60. The third-order valence-electron chi connectivity index (χ3n) is 3.50. The molecule has 0 saturated carbocycles. The van der Waals surface area contributed by atoms with Crippen LogP contribution in [0, 0.1) is 25.2 Å². The smallest absolute Gasteiger partial charge is 0.225 e. The Kier molecular flexibility index (Phi) is 4.73. The molecule has 1 atom stereocenters. The zero-order valence-corrected chi connectivity index (χ0v) is 12.3. The molecule has 0 saturated heterocycles. The van der Waals surface area contributed by atoms with Gasteiger partial charge in [0.25, 0.3) is 0 Å². The molecule has 21 heavy (non-hydrogen) atoms. The van der Waals surface area contributed by atoms with E-state index in [1.54, 1.807) is 0 Å². The summed E-state index contributed by atoms with van der Waals surface area (Å²) in [6.45, 7) is 4.07. The number of amides is 1. The summed E-state index contributed by atoms with van der Waals surface area (Å²) < 4.78 is 0. The summed E-state index contributed by atoms with van der Waals surface area (Å²) in [7, 11) is 0. The van der Waals surface area contributed by atoms with Crippen molar-refractivity contribution in [2.75, 3.05) is 0 Å². The van der Waals surface area contributed by atoms with E-state index in [4.69, 9.17) is 0 Å². The largest absolute Gasteiger partial charge is 0.336 e. The first kappa shape index (κ1) is 14.8. The van der Waals surface area contributed by atoms with Gasteiger partial charge < -0.3 is 5.32 Å². The molecule has 0 aliphatic carbocycles. The van der Waals surface area contributed by atoms with Crippen molar-refractivity contribution in [3.8, 4) is 6.07 Å². The average molecular weight is 278 g/mol. The minimum absolute atomic E-state index is 0.145. The molecular formula is C18H18N2O. The van der Waals surface area contributed by atoms with E-state index in [1.807, 2.05) is 62.4 Å². The number of nitrogens with one attached hydrogen (secondary N) is 1. The Labute approximate surface area is 125 Å². The number of benzene rings is 2. The van der Waals surface area contributed by atoms with Crippen LogP contribution in [0.5, 0.6) is 0 Å². The fourth-order valence-electron chi connectivity index (χ4n) is 2.15. The molecule has 0 spiro atoms. The predicted octanol–water partition coefficient (Wildman–Crippen LogP) is 3.23. The van der Waals surface area contributed by atoms with Crippen LogP contribution < -0.4 is 5.32 Å². The van der Waals surface area contributed by atoms with Gasteiger partial charge in [0.15, 0.2) is 0 Å². The minimum atomic E-state index is -0.606. The van der Waals surface area contributed by atoms with Crippen molar-refractivity contribution in [1.82, 2.24) is 5.32 Å². The van der Waals surface area contributed by atoms with Gasteiger partial charge in [-0.1, -0.05) is 48.5 Å². The maximum absolute atomic E-state index is 12.1. The molecule has 1 unspecified atom stereocenters. The highest BCUT2D eigenvalue weighted by Gasteiger charge is 2.13. The molecule has 3 heteroatoms. The summed E-state index contributed by atoms with van der Waals surface area (Å²) in [6.07, 6.45) is 0.284. The first-order chi connectivity index (χ1) is 10.1. The molecule has 0 aromatic heterocycles. The lowest BCUT2D eigenvalue weighted by molar-refractivity contribution is -0.120. The second kappa shape index (κ2) is 6.71. The van der Waals surface area contributed by atoms with Crippen LogP contribution in [0.1, 0.15) is 28.3 Å². The quantitative estimate of drug-likeness (QED) is 0.933. The lowest BCUT2D eigenvalue weighted by Gasteiger charge is -2.12. The summed E-state index contributed by atoms with van der Waals surface area (Å²) in [4.78, 5) is 12.1. The molecule has 0 aliphatic rings. The van der Waals surface area contributed by atoms with E-state index in [1.165, 1.54) is 11.1 Å². The maximum atomic E-state index is 12.1. The van der Waals surface area contributed by atoms with Gasteiger partial charge in [0, 0.05) is 0 Å². The zero-order valence-electron chi connectivity index (χ0n) is 12.3. The van der Waals surface area contributed by atoms with E-state index in [2.05, 4.69) is 11.4 Å². The Balaban J connectivity index is 2.04. The molecule has 1 amide bonds. The third kappa shape index (κ3) is 3.93. The van der Waals surface area contributed by atoms with Gasteiger partial charge in [0.1, 0.15) is 6.04 Å². The van der Waals surface area contributed by atoms with Crippen molar-refractivity contribution < 1.29 is 4.79 Å². The van der Waals surface area contributed by atoms with Crippen LogP contribution in [0.4, 0.5) is 0 Å². The van der Waals surface area contributed by atoms with Gasteiger partial charge in [-0.2, -0.15) is 5.26 Å². The normalized spacial score (nSPS) is 11.5. The second-order valence-electron chi connectivity index (χ2n) is 5.14. The maximum Gasteiger partial charge on any atom is 0.225 e. The fourth-order valence-corrected chi connectivity index (χ4v) is 2.15. The summed E-state index contributed by atoms with van der Waals surface area (Å²) in [5.74, 6) is -0.145. The summed E-state index contributed by atoms with van der Waals surface area (Å²) in [5.41, 5.74) is 4.13. The number of nitrogens with zero attached hydrogens (tertiary/aromatic N) is 1. The van der Waals surface area contributed by atoms with Crippen LogP contribution >= 0.6 is 0 Å². The van der Waals surface area contributed by atoms with E-state index >= 15 is 0 Å². The average Bonchev–Trinajstić information content (AvgIpc) is 2.49. The van der Waals surface area contributed by atoms with Crippen LogP contribution in [0.25, 0.3) is 0 Å². The van der Waals surface area contributed by atoms with Crippen molar-refractivity contribution in [3.63, 3.8) is 0 Å². The van der Waals surface area contributed by atoms with Crippen molar-refractivity contribution in [2.24, 2.45) is 0 Å². The molecular weight excluding hydrogens is 260 g/mol. The number of hydrogen-bond donors (Lipinski definition) is 1. The Bertz CT molecular complexity index is 671. The molecule has 0 fully saturated rings. The van der Waals surface area contributed by atoms with Gasteiger partial charge in [0.05, 0.1) is 12.5 Å². The van der Waals surface area contributed by atoms with Crippen LogP contribution in [-0.2, 0) is 11.2 Å². The van der Waals surface area contributed by atoms with E-state index < -0.39 is 6.04 Å². The lowest BCUT2D eigenvalue weighted by Crippen LogP contribution is -2.29. The van der Waals surface area contributed by atoms with Gasteiger partial charge in [-0.3, -0.25) is 4.79 Å². The molecule has 0 radical (unpaired) electrons. The Morgan fingerprint density at radius 2 is 1.86 bits per heavy atom. The molecule has 1 N–H and O–H groups in total. The van der Waals surface area contributed by atoms with Crippen molar-refractivity contribution >= 4 is 5.91 Å². The predicted molar refractivity (Wildman–Crippen MR) is 82.6 cm³/mol. The summed E-state index contributed by atoms with van der Waals surface area (Å²) >= 11 is 0. The number of aryl methyl sites for hydroxylation is 2. The fraction of sp³-hybridized carbons (Fsp3) is 0.222. The van der Waals surface area contributed by atoms with Crippen molar-refractivity contribution in [2.45, 2.75) is 26.3 Å². The van der Waals surface area contributed by atoms with Crippen molar-refractivity contribution in [1.29, 1.82) is 5.26 Å². The highest BCUT2D eigenvalue weighted by atomic mass is 16.1. The zero-order chi connectivity index (χ0) is 15.2. The van der Waals surface area contributed by atoms with Gasteiger partial charge in [0.2, 0.25) is 5.91 Å². The van der Waals surface area contributed by atoms with Gasteiger partial charge >= 0.3 is 0 Å². The molecule has 0 aliphatic heterocycles. The number of hydrogen-bond acceptors (Lipinski definition) is 2. The number of nitriles is 1. The van der Waals surface area contributed by atoms with E-state index in [0.717, 1.165) is 11.1 Å². The standard InChI is InChI=1S/C18H18N2O/c1-13-8-9-15(10-14(13)2)11-18(21)20-17(12-19)16-6-4-3-5-7-16/h3-10,17H,11H2,1-2H3,(H,20,21). The van der Waals surface area contributed by atoms with Crippen molar-refractivity contribution in [3.05, 3.63) is 70.8 Å². The monoisotopic (exact) mass is 278 g/mol. The molecule has 106 valence electrons. The first-order valence-electron chi connectivity index (χ1n) is 6.90. The molecule has 3 nitrogen and oxygen atoms in total. The molecule has 2 rings (SSSR count). The molecule has 2 aromatic carbocycles. The third-order valence-corrected chi connectivity index (χ3v) is 3.50. The van der Waals surface area contributed by atoms with Gasteiger partial charge in [-0.05, 0) is 36.1 Å². The Morgan fingerprint density at radius 1 is 1.14 bits per heavy atom. The Morgan fingerprint density at radius 3 is 2.48 bits per heavy atom. The molecule has 0 bridgehead atoms.